The first-order chi connectivity index (χ1) is 10.9. The maximum atomic E-state index is 12.8. The molecular formula is C18H22ClNO2S. The summed E-state index contributed by atoms with van der Waals surface area (Å²) < 4.78 is 5.61. The van der Waals surface area contributed by atoms with Crippen LogP contribution in [0.25, 0.3) is 0 Å². The molecule has 0 aliphatic rings. The zero-order chi connectivity index (χ0) is 17.0. The van der Waals surface area contributed by atoms with Crippen molar-refractivity contribution in [2.45, 2.75) is 50.4 Å². The van der Waals surface area contributed by atoms with Gasteiger partial charge < -0.3 is 9.32 Å². The molecule has 0 bridgehead atoms. The van der Waals surface area contributed by atoms with Crippen LogP contribution in [0.1, 0.15) is 32.3 Å². The van der Waals surface area contributed by atoms with Gasteiger partial charge in [0.1, 0.15) is 11.5 Å². The Balaban J connectivity index is 2.05. The van der Waals surface area contributed by atoms with Crippen LogP contribution in [0.3, 0.4) is 0 Å². The van der Waals surface area contributed by atoms with Gasteiger partial charge in [0.15, 0.2) is 0 Å². The minimum atomic E-state index is -0.172. The molecule has 0 saturated heterocycles. The summed E-state index contributed by atoms with van der Waals surface area (Å²) in [5, 5.41) is 0.528. The van der Waals surface area contributed by atoms with E-state index < -0.39 is 0 Å². The van der Waals surface area contributed by atoms with E-state index >= 15 is 0 Å². The summed E-state index contributed by atoms with van der Waals surface area (Å²) in [6.07, 6.45) is 0. The highest BCUT2D eigenvalue weighted by atomic mass is 35.5. The molecule has 124 valence electrons. The number of thioether (sulfide) groups is 1. The molecule has 2 aromatic rings. The molecule has 1 atom stereocenters. The van der Waals surface area contributed by atoms with E-state index in [0.717, 1.165) is 16.4 Å². The van der Waals surface area contributed by atoms with Crippen molar-refractivity contribution in [2.75, 3.05) is 0 Å². The minimum Gasteiger partial charge on any atom is -0.464 e. The van der Waals surface area contributed by atoms with Crippen LogP contribution >= 0.6 is 23.4 Å². The summed E-state index contributed by atoms with van der Waals surface area (Å²) in [5.74, 6) is 1.78. The number of amides is 1. The van der Waals surface area contributed by atoms with Crippen molar-refractivity contribution in [3.8, 4) is 0 Å². The van der Waals surface area contributed by atoms with Gasteiger partial charge in [-0.05, 0) is 64.1 Å². The fourth-order valence-electron chi connectivity index (χ4n) is 2.25. The third-order valence-corrected chi connectivity index (χ3v) is 4.85. The molecule has 1 aromatic carbocycles. The Morgan fingerprint density at radius 1 is 1.17 bits per heavy atom. The Kier molecular flexibility index (Phi) is 6.19. The second kappa shape index (κ2) is 7.93. The van der Waals surface area contributed by atoms with Gasteiger partial charge in [0.05, 0.1) is 11.8 Å². The van der Waals surface area contributed by atoms with Crippen molar-refractivity contribution < 1.29 is 9.21 Å². The molecule has 0 spiro atoms. The first-order valence-corrected chi connectivity index (χ1v) is 8.90. The highest BCUT2D eigenvalue weighted by Crippen LogP contribution is 2.27. The average Bonchev–Trinajstić information content (AvgIpc) is 2.91. The summed E-state index contributed by atoms with van der Waals surface area (Å²) in [5.41, 5.74) is 0. The topological polar surface area (TPSA) is 33.5 Å². The molecule has 3 nitrogen and oxygen atoms in total. The number of carbonyl (C=O) groups excluding carboxylic acids is 1. The molecule has 0 saturated carbocycles. The summed E-state index contributed by atoms with van der Waals surface area (Å²) >= 11 is 7.44. The first-order valence-electron chi connectivity index (χ1n) is 7.65. The summed E-state index contributed by atoms with van der Waals surface area (Å²) in [4.78, 5) is 15.7. The zero-order valence-corrected chi connectivity index (χ0v) is 15.4. The van der Waals surface area contributed by atoms with E-state index in [1.807, 2.05) is 69.0 Å². The predicted octanol–water partition coefficient (Wildman–Crippen LogP) is 5.16. The Morgan fingerprint density at radius 3 is 2.35 bits per heavy atom. The van der Waals surface area contributed by atoms with Gasteiger partial charge in [-0.1, -0.05) is 11.6 Å². The summed E-state index contributed by atoms with van der Waals surface area (Å²) in [6, 6.07) is 11.5. The number of nitrogens with zero attached hydrogens (tertiary/aromatic N) is 1. The quantitative estimate of drug-likeness (QED) is 0.674. The van der Waals surface area contributed by atoms with Crippen LogP contribution in [0.4, 0.5) is 0 Å². The van der Waals surface area contributed by atoms with E-state index in [2.05, 4.69) is 0 Å². The highest BCUT2D eigenvalue weighted by molar-refractivity contribution is 8.00. The number of halogens is 1. The molecule has 5 heteroatoms. The highest BCUT2D eigenvalue weighted by Gasteiger charge is 2.24. The van der Waals surface area contributed by atoms with Crippen LogP contribution < -0.4 is 0 Å². The van der Waals surface area contributed by atoms with Crippen molar-refractivity contribution in [1.82, 2.24) is 4.90 Å². The number of aryl methyl sites for hydroxylation is 1. The molecular weight excluding hydrogens is 330 g/mol. The van der Waals surface area contributed by atoms with E-state index in [1.54, 1.807) is 11.8 Å². The second-order valence-electron chi connectivity index (χ2n) is 5.79. The van der Waals surface area contributed by atoms with Crippen LogP contribution in [-0.4, -0.2) is 22.1 Å². The lowest BCUT2D eigenvalue weighted by Crippen LogP contribution is -2.40. The van der Waals surface area contributed by atoms with E-state index in [1.165, 1.54) is 0 Å². The van der Waals surface area contributed by atoms with Crippen molar-refractivity contribution >= 4 is 29.3 Å². The third kappa shape index (κ3) is 5.05. The smallest absolute Gasteiger partial charge is 0.236 e. The van der Waals surface area contributed by atoms with Crippen molar-refractivity contribution in [1.29, 1.82) is 0 Å². The van der Waals surface area contributed by atoms with E-state index in [-0.39, 0.29) is 17.2 Å². The SMILES string of the molecule is Cc1ccc(CN(C(=O)C(C)Sc2ccc(Cl)cc2)C(C)C)o1. The first kappa shape index (κ1) is 18.0. The molecule has 1 unspecified atom stereocenters. The van der Waals surface area contributed by atoms with Gasteiger partial charge in [-0.15, -0.1) is 11.8 Å². The number of benzene rings is 1. The second-order valence-corrected chi connectivity index (χ2v) is 7.64. The van der Waals surface area contributed by atoms with Gasteiger partial charge in [0, 0.05) is 16.0 Å². The van der Waals surface area contributed by atoms with Gasteiger partial charge in [-0.25, -0.2) is 0 Å². The largest absolute Gasteiger partial charge is 0.464 e. The minimum absolute atomic E-state index is 0.106. The molecule has 0 radical (unpaired) electrons. The Morgan fingerprint density at radius 2 is 1.83 bits per heavy atom. The lowest BCUT2D eigenvalue weighted by Gasteiger charge is -2.28. The van der Waals surface area contributed by atoms with Crippen LogP contribution in [0, 0.1) is 6.92 Å². The van der Waals surface area contributed by atoms with Crippen LogP contribution in [0.15, 0.2) is 45.7 Å². The van der Waals surface area contributed by atoms with Gasteiger partial charge >= 0.3 is 0 Å². The average molecular weight is 352 g/mol. The Bertz CT molecular complexity index is 651. The number of furan rings is 1. The number of rotatable bonds is 6. The van der Waals surface area contributed by atoms with Gasteiger partial charge in [-0.2, -0.15) is 0 Å². The molecule has 0 N–H and O–H groups in total. The molecule has 0 aliphatic heterocycles. The molecule has 1 amide bonds. The lowest BCUT2D eigenvalue weighted by atomic mass is 10.2. The third-order valence-electron chi connectivity index (χ3n) is 3.50. The number of carbonyl (C=O) groups is 1. The van der Waals surface area contributed by atoms with Crippen LogP contribution in [0.2, 0.25) is 5.02 Å². The standard InChI is InChI=1S/C18H22ClNO2S/c1-12(2)20(11-16-8-5-13(3)22-16)18(21)14(4)23-17-9-6-15(19)7-10-17/h5-10,12,14H,11H2,1-4H3. The molecule has 23 heavy (non-hydrogen) atoms. The predicted molar refractivity (Wildman–Crippen MR) is 95.9 cm³/mol. The fraction of sp³-hybridized carbons (Fsp3) is 0.389. The number of hydrogen-bond donors (Lipinski definition) is 0. The fourth-order valence-corrected chi connectivity index (χ4v) is 3.32. The van der Waals surface area contributed by atoms with Crippen molar-refractivity contribution in [3.05, 3.63) is 52.9 Å². The maximum absolute atomic E-state index is 12.8. The van der Waals surface area contributed by atoms with Crippen molar-refractivity contribution in [2.24, 2.45) is 0 Å². The van der Waals surface area contributed by atoms with Gasteiger partial charge in [-0.3, -0.25) is 4.79 Å². The van der Waals surface area contributed by atoms with E-state index in [9.17, 15) is 4.79 Å². The molecule has 1 aromatic heterocycles. The van der Waals surface area contributed by atoms with E-state index in [0.29, 0.717) is 11.6 Å². The summed E-state index contributed by atoms with van der Waals surface area (Å²) in [7, 11) is 0. The summed E-state index contributed by atoms with van der Waals surface area (Å²) in [6.45, 7) is 8.38. The Labute approximate surface area is 147 Å². The monoisotopic (exact) mass is 351 g/mol. The van der Waals surface area contributed by atoms with Crippen LogP contribution in [-0.2, 0) is 11.3 Å². The maximum Gasteiger partial charge on any atom is 0.236 e. The molecule has 1 heterocycles. The normalized spacial score (nSPS) is 12.4. The molecule has 0 fully saturated rings. The van der Waals surface area contributed by atoms with E-state index in [4.69, 9.17) is 16.0 Å². The molecule has 2 rings (SSSR count). The van der Waals surface area contributed by atoms with Crippen LogP contribution in [0.5, 0.6) is 0 Å². The van der Waals surface area contributed by atoms with Gasteiger partial charge in [0.2, 0.25) is 5.91 Å². The van der Waals surface area contributed by atoms with Crippen molar-refractivity contribution in [3.63, 3.8) is 0 Å². The molecule has 0 aliphatic carbocycles. The zero-order valence-electron chi connectivity index (χ0n) is 13.9. The number of hydrogen-bond acceptors (Lipinski definition) is 3. The van der Waals surface area contributed by atoms with Gasteiger partial charge in [0.25, 0.3) is 0 Å². The Hall–Kier alpha value is -1.39. The lowest BCUT2D eigenvalue weighted by molar-refractivity contribution is -0.132.